The quantitative estimate of drug-likeness (QED) is 0.392. The van der Waals surface area contributed by atoms with Crippen molar-refractivity contribution in [2.45, 2.75) is 58.5 Å². The summed E-state index contributed by atoms with van der Waals surface area (Å²) in [5.41, 5.74) is 5.57. The van der Waals surface area contributed by atoms with Crippen molar-refractivity contribution >= 4 is 33.3 Å². The third kappa shape index (κ3) is 3.96. The van der Waals surface area contributed by atoms with Crippen LogP contribution in [0.3, 0.4) is 0 Å². The molecule has 0 bridgehead atoms. The summed E-state index contributed by atoms with van der Waals surface area (Å²) < 4.78 is 1.02. The average molecular weight is 423 g/mol. The van der Waals surface area contributed by atoms with Crippen LogP contribution in [0.4, 0.5) is 5.69 Å². The van der Waals surface area contributed by atoms with Gasteiger partial charge in [-0.1, -0.05) is 41.1 Å². The van der Waals surface area contributed by atoms with Crippen LogP contribution < -0.4 is 4.90 Å². The number of nitriles is 1. The highest BCUT2D eigenvalue weighted by Gasteiger charge is 2.37. The van der Waals surface area contributed by atoms with Gasteiger partial charge in [-0.2, -0.15) is 5.26 Å². The van der Waals surface area contributed by atoms with Gasteiger partial charge in [0.25, 0.3) is 0 Å². The molecule has 0 aliphatic carbocycles. The lowest BCUT2D eigenvalue weighted by Gasteiger charge is -2.50. The van der Waals surface area contributed by atoms with E-state index in [1.54, 1.807) is 0 Å². The van der Waals surface area contributed by atoms with E-state index in [9.17, 15) is 5.26 Å². The first-order chi connectivity index (χ1) is 12.7. The van der Waals surface area contributed by atoms with E-state index in [1.807, 2.05) is 30.3 Å². The normalized spacial score (nSPS) is 19.0. The van der Waals surface area contributed by atoms with Gasteiger partial charge in [0.2, 0.25) is 0 Å². The summed E-state index contributed by atoms with van der Waals surface area (Å²) in [4.78, 5) is 2.54. The minimum atomic E-state index is 0.146. The van der Waals surface area contributed by atoms with Crippen LogP contribution in [0.1, 0.15) is 63.6 Å². The molecule has 140 valence electrons. The Hall–Kier alpha value is -2.05. The minimum absolute atomic E-state index is 0.146. The van der Waals surface area contributed by atoms with Gasteiger partial charge in [0, 0.05) is 21.7 Å². The fourth-order valence-electron chi connectivity index (χ4n) is 4.51. The summed E-state index contributed by atoms with van der Waals surface area (Å²) in [7, 11) is 0. The van der Waals surface area contributed by atoms with Crippen molar-refractivity contribution in [3.8, 4) is 6.07 Å². The zero-order chi connectivity index (χ0) is 19.8. The monoisotopic (exact) mass is 422 g/mol. The first-order valence-corrected chi connectivity index (χ1v) is 10.3. The van der Waals surface area contributed by atoms with Crippen LogP contribution in [0.25, 0.3) is 11.6 Å². The Morgan fingerprint density at radius 3 is 2.48 bits per heavy atom. The van der Waals surface area contributed by atoms with Gasteiger partial charge in [-0.05, 0) is 87.1 Å². The van der Waals surface area contributed by atoms with Gasteiger partial charge in [0.15, 0.2) is 0 Å². The Labute approximate surface area is 171 Å². The molecule has 3 rings (SSSR count). The molecular formula is C24H27BrN2. The molecule has 3 heteroatoms. The summed E-state index contributed by atoms with van der Waals surface area (Å²) in [5, 5.41) is 9.65. The molecule has 1 heterocycles. The van der Waals surface area contributed by atoms with Crippen molar-refractivity contribution in [2.75, 3.05) is 4.90 Å². The molecule has 0 saturated carbocycles. The minimum Gasteiger partial charge on any atom is -0.364 e. The van der Waals surface area contributed by atoms with Crippen LogP contribution in [-0.2, 0) is 0 Å². The SMILES string of the molecule is CC(C)N1c2ccc(/C=C(/C#N)c3ccc(Br)cc3)cc2[C@@H](C)CC1(C)C. The maximum Gasteiger partial charge on any atom is 0.0998 e. The number of anilines is 1. The maximum atomic E-state index is 9.65. The molecule has 0 amide bonds. The van der Waals surface area contributed by atoms with Gasteiger partial charge in [0.1, 0.15) is 0 Å². The summed E-state index contributed by atoms with van der Waals surface area (Å²) in [5.74, 6) is 0.497. The molecule has 0 aromatic heterocycles. The summed E-state index contributed by atoms with van der Waals surface area (Å²) >= 11 is 3.45. The van der Waals surface area contributed by atoms with E-state index in [0.717, 1.165) is 22.0 Å². The number of nitrogens with zero attached hydrogens (tertiary/aromatic N) is 2. The number of benzene rings is 2. The molecule has 0 N–H and O–H groups in total. The molecule has 2 aromatic carbocycles. The number of hydrogen-bond acceptors (Lipinski definition) is 2. The zero-order valence-corrected chi connectivity index (χ0v) is 18.3. The fourth-order valence-corrected chi connectivity index (χ4v) is 4.78. The van der Waals surface area contributed by atoms with Crippen LogP contribution in [0.5, 0.6) is 0 Å². The van der Waals surface area contributed by atoms with Crippen LogP contribution in [0.15, 0.2) is 46.9 Å². The Balaban J connectivity index is 2.04. The van der Waals surface area contributed by atoms with Gasteiger partial charge in [-0.15, -0.1) is 0 Å². The van der Waals surface area contributed by atoms with Crippen molar-refractivity contribution < 1.29 is 0 Å². The fraction of sp³-hybridized carbons (Fsp3) is 0.375. The van der Waals surface area contributed by atoms with E-state index in [2.05, 4.69) is 79.7 Å². The van der Waals surface area contributed by atoms with E-state index in [1.165, 1.54) is 11.3 Å². The van der Waals surface area contributed by atoms with E-state index < -0.39 is 0 Å². The van der Waals surface area contributed by atoms with Crippen LogP contribution in [-0.4, -0.2) is 11.6 Å². The molecule has 2 aromatic rings. The predicted octanol–water partition coefficient (Wildman–Crippen LogP) is 7.01. The van der Waals surface area contributed by atoms with E-state index in [-0.39, 0.29) is 5.54 Å². The molecule has 27 heavy (non-hydrogen) atoms. The van der Waals surface area contributed by atoms with Crippen LogP contribution in [0, 0.1) is 11.3 Å². The lowest BCUT2D eigenvalue weighted by molar-refractivity contribution is 0.356. The molecule has 1 atom stereocenters. The first-order valence-electron chi connectivity index (χ1n) is 9.54. The first kappa shape index (κ1) is 19.7. The average Bonchev–Trinajstić information content (AvgIpc) is 2.60. The van der Waals surface area contributed by atoms with E-state index in [0.29, 0.717) is 17.5 Å². The number of fused-ring (bicyclic) bond motifs is 1. The van der Waals surface area contributed by atoms with Gasteiger partial charge in [-0.25, -0.2) is 0 Å². The second-order valence-electron chi connectivity index (χ2n) is 8.38. The highest BCUT2D eigenvalue weighted by Crippen LogP contribution is 2.44. The number of rotatable bonds is 3. The Morgan fingerprint density at radius 2 is 1.89 bits per heavy atom. The molecule has 0 radical (unpaired) electrons. The smallest absolute Gasteiger partial charge is 0.0998 e. The summed E-state index contributed by atoms with van der Waals surface area (Å²) in [6.45, 7) is 11.5. The third-order valence-electron chi connectivity index (χ3n) is 5.40. The van der Waals surface area contributed by atoms with Crippen molar-refractivity contribution in [3.05, 3.63) is 63.6 Å². The Kier molecular flexibility index (Phi) is 5.49. The van der Waals surface area contributed by atoms with Gasteiger partial charge in [0.05, 0.1) is 11.6 Å². The van der Waals surface area contributed by atoms with E-state index in [4.69, 9.17) is 0 Å². The third-order valence-corrected chi connectivity index (χ3v) is 5.93. The zero-order valence-electron chi connectivity index (χ0n) is 16.8. The van der Waals surface area contributed by atoms with Crippen molar-refractivity contribution in [2.24, 2.45) is 0 Å². The maximum absolute atomic E-state index is 9.65. The largest absolute Gasteiger partial charge is 0.364 e. The second kappa shape index (κ2) is 7.52. The molecule has 0 spiro atoms. The van der Waals surface area contributed by atoms with Crippen molar-refractivity contribution in [1.82, 2.24) is 0 Å². The molecule has 2 nitrogen and oxygen atoms in total. The van der Waals surface area contributed by atoms with Crippen LogP contribution in [0.2, 0.25) is 0 Å². The molecule has 0 saturated heterocycles. The predicted molar refractivity (Wildman–Crippen MR) is 119 cm³/mol. The Bertz CT molecular complexity index is 901. The molecule has 0 fully saturated rings. The van der Waals surface area contributed by atoms with Gasteiger partial charge < -0.3 is 4.90 Å². The molecule has 1 aliphatic rings. The molecular weight excluding hydrogens is 396 g/mol. The topological polar surface area (TPSA) is 27.0 Å². The van der Waals surface area contributed by atoms with Gasteiger partial charge >= 0.3 is 0 Å². The number of allylic oxidation sites excluding steroid dienone is 1. The molecule has 1 aliphatic heterocycles. The Morgan fingerprint density at radius 1 is 1.22 bits per heavy atom. The van der Waals surface area contributed by atoms with Crippen molar-refractivity contribution in [1.29, 1.82) is 5.26 Å². The van der Waals surface area contributed by atoms with E-state index >= 15 is 0 Å². The number of halogens is 1. The lowest BCUT2D eigenvalue weighted by Crippen LogP contribution is -2.51. The highest BCUT2D eigenvalue weighted by atomic mass is 79.9. The number of hydrogen-bond donors (Lipinski definition) is 0. The van der Waals surface area contributed by atoms with Gasteiger partial charge in [-0.3, -0.25) is 0 Å². The second-order valence-corrected chi connectivity index (χ2v) is 9.29. The van der Waals surface area contributed by atoms with Crippen LogP contribution >= 0.6 is 15.9 Å². The highest BCUT2D eigenvalue weighted by molar-refractivity contribution is 9.10. The summed E-state index contributed by atoms with van der Waals surface area (Å²) in [6.07, 6.45) is 3.12. The standard InChI is InChI=1S/C24H27BrN2/c1-16(2)27-23-11-6-18(13-22(23)17(3)14-24(27,4)5)12-20(15-26)19-7-9-21(25)10-8-19/h6-13,16-17H,14H2,1-5H3/b20-12-/t17-/m0/s1. The molecule has 0 unspecified atom stereocenters. The summed E-state index contributed by atoms with van der Waals surface area (Å²) in [6, 6.07) is 17.3. The van der Waals surface area contributed by atoms with Crippen molar-refractivity contribution in [3.63, 3.8) is 0 Å². The lowest BCUT2D eigenvalue weighted by atomic mass is 9.78.